The van der Waals surface area contributed by atoms with Crippen molar-refractivity contribution in [3.8, 4) is 0 Å². The number of nitrogens with zero attached hydrogens (tertiary/aromatic N) is 1. The van der Waals surface area contributed by atoms with Gasteiger partial charge in [-0.2, -0.15) is 0 Å². The highest BCUT2D eigenvalue weighted by atomic mass is 79.9. The topological polar surface area (TPSA) is 81.5 Å². The standard InChI is InChI=1S/C13H16BrFN2O4/c1-13(2,3)21-11(18)4-5-16-12-9(14)6-8(15)7-10(12)17(19)20/h6-7,16H,4-5H2,1-3H3. The lowest BCUT2D eigenvalue weighted by Gasteiger charge is -2.19. The van der Waals surface area contributed by atoms with Crippen LogP contribution in [0.5, 0.6) is 0 Å². The maximum Gasteiger partial charge on any atom is 0.308 e. The van der Waals surface area contributed by atoms with Gasteiger partial charge in [0.2, 0.25) is 0 Å². The summed E-state index contributed by atoms with van der Waals surface area (Å²) < 4.78 is 18.5. The highest BCUT2D eigenvalue weighted by molar-refractivity contribution is 9.10. The third-order valence-corrected chi connectivity index (χ3v) is 2.91. The van der Waals surface area contributed by atoms with Gasteiger partial charge in [-0.1, -0.05) is 0 Å². The zero-order chi connectivity index (χ0) is 16.2. The Morgan fingerprint density at radius 3 is 2.62 bits per heavy atom. The average Bonchev–Trinajstić information content (AvgIpc) is 2.28. The summed E-state index contributed by atoms with van der Waals surface area (Å²) in [6.45, 7) is 5.39. The summed E-state index contributed by atoms with van der Waals surface area (Å²) >= 11 is 3.06. The van der Waals surface area contributed by atoms with Gasteiger partial charge in [0.1, 0.15) is 17.1 Å². The van der Waals surface area contributed by atoms with Crippen LogP contribution in [0.2, 0.25) is 0 Å². The molecule has 21 heavy (non-hydrogen) atoms. The summed E-state index contributed by atoms with van der Waals surface area (Å²) in [4.78, 5) is 21.7. The van der Waals surface area contributed by atoms with Gasteiger partial charge in [-0.25, -0.2) is 4.39 Å². The molecule has 0 aliphatic heterocycles. The average molecular weight is 363 g/mol. The molecule has 0 radical (unpaired) electrons. The van der Waals surface area contributed by atoms with Gasteiger partial charge in [0.15, 0.2) is 0 Å². The van der Waals surface area contributed by atoms with Gasteiger partial charge < -0.3 is 10.1 Å². The van der Waals surface area contributed by atoms with Crippen molar-refractivity contribution in [2.45, 2.75) is 32.8 Å². The van der Waals surface area contributed by atoms with Crippen LogP contribution in [0.3, 0.4) is 0 Å². The molecule has 1 aromatic carbocycles. The molecule has 0 atom stereocenters. The van der Waals surface area contributed by atoms with E-state index in [4.69, 9.17) is 4.74 Å². The van der Waals surface area contributed by atoms with Crippen molar-refractivity contribution in [1.29, 1.82) is 0 Å². The number of halogens is 2. The van der Waals surface area contributed by atoms with Gasteiger partial charge in [-0.3, -0.25) is 14.9 Å². The Hall–Kier alpha value is -1.70. The van der Waals surface area contributed by atoms with Crippen LogP contribution in [0.1, 0.15) is 27.2 Å². The van der Waals surface area contributed by atoms with Gasteiger partial charge in [0.25, 0.3) is 5.69 Å². The molecule has 0 spiro atoms. The number of nitro groups is 1. The van der Waals surface area contributed by atoms with E-state index in [0.29, 0.717) is 0 Å². The number of carbonyl (C=O) groups is 1. The highest BCUT2D eigenvalue weighted by Gasteiger charge is 2.20. The van der Waals surface area contributed by atoms with Gasteiger partial charge in [-0.05, 0) is 42.8 Å². The largest absolute Gasteiger partial charge is 0.460 e. The van der Waals surface area contributed by atoms with Crippen LogP contribution in [0.4, 0.5) is 15.8 Å². The van der Waals surface area contributed by atoms with Crippen LogP contribution in [-0.2, 0) is 9.53 Å². The number of ether oxygens (including phenoxy) is 1. The van der Waals surface area contributed by atoms with Gasteiger partial charge in [0.05, 0.1) is 21.9 Å². The van der Waals surface area contributed by atoms with Crippen LogP contribution in [0, 0.1) is 15.9 Å². The van der Waals surface area contributed by atoms with Crippen molar-refractivity contribution in [3.63, 3.8) is 0 Å². The van der Waals surface area contributed by atoms with Gasteiger partial charge in [0, 0.05) is 6.54 Å². The predicted octanol–water partition coefficient (Wildman–Crippen LogP) is 3.64. The quantitative estimate of drug-likeness (QED) is 0.491. The van der Waals surface area contributed by atoms with Crippen LogP contribution < -0.4 is 5.32 Å². The smallest absolute Gasteiger partial charge is 0.308 e. The number of hydrogen-bond donors (Lipinski definition) is 1. The van der Waals surface area contributed by atoms with E-state index in [2.05, 4.69) is 21.2 Å². The first-order chi connectivity index (χ1) is 9.60. The highest BCUT2D eigenvalue weighted by Crippen LogP contribution is 2.33. The van der Waals surface area contributed by atoms with E-state index in [9.17, 15) is 19.3 Å². The fourth-order valence-corrected chi connectivity index (χ4v) is 2.12. The minimum absolute atomic E-state index is 0.0399. The van der Waals surface area contributed by atoms with E-state index in [0.717, 1.165) is 12.1 Å². The summed E-state index contributed by atoms with van der Waals surface area (Å²) in [5.74, 6) is -1.14. The molecule has 0 aromatic heterocycles. The number of nitro benzene ring substituents is 1. The Morgan fingerprint density at radius 1 is 1.48 bits per heavy atom. The molecule has 0 aliphatic rings. The molecule has 6 nitrogen and oxygen atoms in total. The Morgan fingerprint density at radius 2 is 2.10 bits per heavy atom. The summed E-state index contributed by atoms with van der Waals surface area (Å²) in [5, 5.41) is 13.6. The lowest BCUT2D eigenvalue weighted by molar-refractivity contribution is -0.384. The second kappa shape index (κ2) is 6.84. The molecule has 1 rings (SSSR count). The van der Waals surface area contributed by atoms with E-state index in [1.165, 1.54) is 0 Å². The molecule has 0 saturated heterocycles. The summed E-state index contributed by atoms with van der Waals surface area (Å²) in [6.07, 6.45) is 0.0399. The number of carbonyl (C=O) groups excluding carboxylic acids is 1. The number of esters is 1. The van der Waals surface area contributed by atoms with Gasteiger partial charge in [-0.15, -0.1) is 0 Å². The molecule has 0 heterocycles. The van der Waals surface area contributed by atoms with Crippen LogP contribution in [0.15, 0.2) is 16.6 Å². The summed E-state index contributed by atoms with van der Waals surface area (Å²) in [6, 6.07) is 1.93. The van der Waals surface area contributed by atoms with E-state index in [1.807, 2.05) is 0 Å². The normalized spacial score (nSPS) is 11.1. The first-order valence-corrected chi connectivity index (χ1v) is 6.98. The lowest BCUT2D eigenvalue weighted by atomic mass is 10.2. The Balaban J connectivity index is 2.72. The Kier molecular flexibility index (Phi) is 5.65. The molecule has 0 fully saturated rings. The van der Waals surface area contributed by atoms with Crippen molar-refractivity contribution >= 4 is 33.3 Å². The second-order valence-corrected chi connectivity index (χ2v) is 6.16. The number of hydrogen-bond acceptors (Lipinski definition) is 5. The molecular formula is C13H16BrFN2O4. The van der Waals surface area contributed by atoms with Crippen LogP contribution in [-0.4, -0.2) is 23.0 Å². The maximum absolute atomic E-state index is 13.2. The molecule has 0 amide bonds. The van der Waals surface area contributed by atoms with Crippen molar-refractivity contribution in [3.05, 3.63) is 32.5 Å². The molecule has 116 valence electrons. The van der Waals surface area contributed by atoms with Crippen LogP contribution in [0.25, 0.3) is 0 Å². The predicted molar refractivity (Wildman–Crippen MR) is 79.7 cm³/mol. The van der Waals surface area contributed by atoms with E-state index in [-0.39, 0.29) is 23.1 Å². The zero-order valence-electron chi connectivity index (χ0n) is 11.9. The zero-order valence-corrected chi connectivity index (χ0v) is 13.5. The number of rotatable bonds is 5. The fourth-order valence-electron chi connectivity index (χ4n) is 1.56. The Labute approximate surface area is 129 Å². The molecule has 0 unspecified atom stereocenters. The molecule has 0 aliphatic carbocycles. The number of anilines is 1. The van der Waals surface area contributed by atoms with E-state index >= 15 is 0 Å². The number of nitrogens with one attached hydrogen (secondary N) is 1. The third-order valence-electron chi connectivity index (χ3n) is 2.28. The first-order valence-electron chi connectivity index (χ1n) is 6.19. The third kappa shape index (κ3) is 5.66. The van der Waals surface area contributed by atoms with Gasteiger partial charge >= 0.3 is 5.97 Å². The van der Waals surface area contributed by atoms with Crippen molar-refractivity contribution in [2.75, 3.05) is 11.9 Å². The molecule has 1 aromatic rings. The second-order valence-electron chi connectivity index (χ2n) is 5.30. The first kappa shape index (κ1) is 17.4. The lowest BCUT2D eigenvalue weighted by Crippen LogP contribution is -2.25. The minimum atomic E-state index is -0.716. The Bertz CT molecular complexity index is 558. The molecule has 0 bridgehead atoms. The summed E-state index contributed by atoms with van der Waals surface area (Å²) in [7, 11) is 0. The molecule has 0 saturated carbocycles. The molecule has 1 N–H and O–H groups in total. The van der Waals surface area contributed by atoms with Crippen LogP contribution >= 0.6 is 15.9 Å². The molecule has 8 heteroatoms. The number of benzene rings is 1. The van der Waals surface area contributed by atoms with Crippen molar-refractivity contribution in [2.24, 2.45) is 0 Å². The SMILES string of the molecule is CC(C)(C)OC(=O)CCNc1c(Br)cc(F)cc1[N+](=O)[O-]. The summed E-state index contributed by atoms with van der Waals surface area (Å²) in [5.41, 5.74) is -0.851. The fraction of sp³-hybridized carbons (Fsp3) is 0.462. The monoisotopic (exact) mass is 362 g/mol. The van der Waals surface area contributed by atoms with E-state index in [1.54, 1.807) is 20.8 Å². The molecular weight excluding hydrogens is 347 g/mol. The van der Waals surface area contributed by atoms with E-state index < -0.39 is 28.0 Å². The maximum atomic E-state index is 13.2. The van der Waals surface area contributed by atoms with Crippen molar-refractivity contribution < 1.29 is 18.8 Å². The minimum Gasteiger partial charge on any atom is -0.460 e. The van der Waals surface area contributed by atoms with Crippen molar-refractivity contribution in [1.82, 2.24) is 0 Å².